The number of carbonyl (C=O) groups is 1. The summed E-state index contributed by atoms with van der Waals surface area (Å²) in [6.07, 6.45) is 3.04. The zero-order chi connectivity index (χ0) is 18.4. The number of rotatable bonds is 6. The number of nitrogens with one attached hydrogen (secondary N) is 1. The summed E-state index contributed by atoms with van der Waals surface area (Å²) in [5.41, 5.74) is 2.11. The van der Waals surface area contributed by atoms with Gasteiger partial charge in [0.1, 0.15) is 0 Å². The minimum atomic E-state index is -0.578. The van der Waals surface area contributed by atoms with Gasteiger partial charge in [0.25, 0.3) is 5.69 Å². The molecule has 0 aliphatic rings. The molecule has 0 heterocycles. The lowest BCUT2D eigenvalue weighted by Crippen LogP contribution is -2.21. The molecular formula is C19H19N2O4-. The fourth-order valence-electron chi connectivity index (χ4n) is 2.22. The van der Waals surface area contributed by atoms with Gasteiger partial charge in [-0.3, -0.25) is 14.9 Å². The first kappa shape index (κ1) is 18.2. The Labute approximate surface area is 146 Å². The maximum atomic E-state index is 11.9. The average Bonchev–Trinajstić information content (AvgIpc) is 2.59. The molecule has 0 aliphatic carbocycles. The van der Waals surface area contributed by atoms with Crippen molar-refractivity contribution in [3.05, 3.63) is 75.3 Å². The van der Waals surface area contributed by atoms with Crippen LogP contribution in [0, 0.1) is 10.1 Å². The monoisotopic (exact) mass is 339 g/mol. The standard InChI is InChI=1S/C19H20N2O4/c1-13(2)15-6-3-14(4-7-15)5-10-19(23)20-12-16-11-17(21(24)25)8-9-18(16)22/h3-11,13,22H,12H2,1-2H3,(H,20,23)/p-1/b10-5+. The summed E-state index contributed by atoms with van der Waals surface area (Å²) in [6, 6.07) is 11.3. The predicted octanol–water partition coefficient (Wildman–Crippen LogP) is 3.12. The van der Waals surface area contributed by atoms with E-state index in [4.69, 9.17) is 0 Å². The fourth-order valence-corrected chi connectivity index (χ4v) is 2.22. The minimum Gasteiger partial charge on any atom is -0.872 e. The molecule has 25 heavy (non-hydrogen) atoms. The number of non-ortho nitro benzene ring substituents is 1. The number of benzene rings is 2. The van der Waals surface area contributed by atoms with Gasteiger partial charge >= 0.3 is 0 Å². The zero-order valence-electron chi connectivity index (χ0n) is 14.1. The molecule has 1 N–H and O–H groups in total. The van der Waals surface area contributed by atoms with E-state index in [1.807, 2.05) is 24.3 Å². The first-order valence-corrected chi connectivity index (χ1v) is 7.87. The van der Waals surface area contributed by atoms with E-state index in [-0.39, 0.29) is 29.5 Å². The van der Waals surface area contributed by atoms with Crippen molar-refractivity contribution in [2.75, 3.05) is 0 Å². The quantitative estimate of drug-likeness (QED) is 0.497. The van der Waals surface area contributed by atoms with Crippen molar-refractivity contribution in [3.8, 4) is 5.75 Å². The molecule has 0 aliphatic heterocycles. The van der Waals surface area contributed by atoms with E-state index in [1.54, 1.807) is 6.08 Å². The average molecular weight is 339 g/mol. The van der Waals surface area contributed by atoms with Gasteiger partial charge in [-0.15, -0.1) is 5.75 Å². The third-order valence-electron chi connectivity index (χ3n) is 3.74. The van der Waals surface area contributed by atoms with Crippen LogP contribution >= 0.6 is 0 Å². The van der Waals surface area contributed by atoms with E-state index in [1.165, 1.54) is 17.7 Å². The summed E-state index contributed by atoms with van der Waals surface area (Å²) in [5.74, 6) is -0.282. The van der Waals surface area contributed by atoms with Crippen LogP contribution in [0.4, 0.5) is 5.69 Å². The highest BCUT2D eigenvalue weighted by molar-refractivity contribution is 5.91. The Hall–Kier alpha value is -3.15. The molecule has 0 atom stereocenters. The van der Waals surface area contributed by atoms with E-state index in [2.05, 4.69) is 19.2 Å². The maximum Gasteiger partial charge on any atom is 0.269 e. The largest absolute Gasteiger partial charge is 0.872 e. The summed E-state index contributed by atoms with van der Waals surface area (Å²) in [7, 11) is 0. The summed E-state index contributed by atoms with van der Waals surface area (Å²) >= 11 is 0. The molecule has 0 saturated heterocycles. The number of nitro groups is 1. The fraction of sp³-hybridized carbons (Fsp3) is 0.211. The molecule has 1 amide bonds. The summed E-state index contributed by atoms with van der Waals surface area (Å²) < 4.78 is 0. The van der Waals surface area contributed by atoms with Crippen LogP contribution in [0.25, 0.3) is 6.08 Å². The van der Waals surface area contributed by atoms with Gasteiger partial charge in [-0.1, -0.05) is 44.2 Å². The van der Waals surface area contributed by atoms with Crippen molar-refractivity contribution in [2.45, 2.75) is 26.3 Å². The third-order valence-corrected chi connectivity index (χ3v) is 3.74. The molecule has 0 radical (unpaired) electrons. The van der Waals surface area contributed by atoms with Crippen molar-refractivity contribution in [2.24, 2.45) is 0 Å². The Morgan fingerprint density at radius 1 is 1.20 bits per heavy atom. The van der Waals surface area contributed by atoms with E-state index in [9.17, 15) is 20.0 Å². The van der Waals surface area contributed by atoms with Crippen LogP contribution in [0.5, 0.6) is 5.75 Å². The second-order valence-corrected chi connectivity index (χ2v) is 5.92. The van der Waals surface area contributed by atoms with Crippen molar-refractivity contribution < 1.29 is 14.8 Å². The van der Waals surface area contributed by atoms with Crippen molar-refractivity contribution >= 4 is 17.7 Å². The van der Waals surface area contributed by atoms with E-state index in [0.717, 1.165) is 17.7 Å². The number of nitro benzene ring substituents is 1. The van der Waals surface area contributed by atoms with Gasteiger partial charge < -0.3 is 10.4 Å². The van der Waals surface area contributed by atoms with Gasteiger partial charge in [0.05, 0.1) is 4.92 Å². The normalized spacial score (nSPS) is 11.0. The van der Waals surface area contributed by atoms with Crippen LogP contribution < -0.4 is 10.4 Å². The van der Waals surface area contributed by atoms with Crippen LogP contribution in [0.3, 0.4) is 0 Å². The Kier molecular flexibility index (Phi) is 5.89. The topological polar surface area (TPSA) is 95.3 Å². The maximum absolute atomic E-state index is 11.9. The zero-order valence-corrected chi connectivity index (χ0v) is 14.1. The van der Waals surface area contributed by atoms with Gasteiger partial charge in [-0.25, -0.2) is 0 Å². The molecule has 0 fully saturated rings. The van der Waals surface area contributed by atoms with Crippen molar-refractivity contribution in [1.29, 1.82) is 0 Å². The molecule has 0 aromatic heterocycles. The molecule has 0 saturated carbocycles. The van der Waals surface area contributed by atoms with Crippen molar-refractivity contribution in [1.82, 2.24) is 5.32 Å². The molecule has 130 valence electrons. The number of nitrogens with zero attached hydrogens (tertiary/aromatic N) is 1. The smallest absolute Gasteiger partial charge is 0.269 e. The van der Waals surface area contributed by atoms with Gasteiger partial charge in [0.2, 0.25) is 5.91 Å². The highest BCUT2D eigenvalue weighted by atomic mass is 16.6. The first-order chi connectivity index (χ1) is 11.9. The highest BCUT2D eigenvalue weighted by Crippen LogP contribution is 2.20. The molecule has 2 aromatic rings. The molecule has 2 aromatic carbocycles. The lowest BCUT2D eigenvalue weighted by atomic mass is 10.0. The molecule has 0 spiro atoms. The van der Waals surface area contributed by atoms with Gasteiger partial charge in [-0.2, -0.15) is 0 Å². The van der Waals surface area contributed by atoms with Gasteiger partial charge in [0, 0.05) is 24.8 Å². The predicted molar refractivity (Wildman–Crippen MR) is 94.0 cm³/mol. The van der Waals surface area contributed by atoms with Crippen LogP contribution in [-0.2, 0) is 11.3 Å². The number of amides is 1. The summed E-state index contributed by atoms with van der Waals surface area (Å²) in [5, 5.41) is 25.0. The lowest BCUT2D eigenvalue weighted by molar-refractivity contribution is -0.385. The summed E-state index contributed by atoms with van der Waals surface area (Å²) in [4.78, 5) is 22.0. The van der Waals surface area contributed by atoms with E-state index in [0.29, 0.717) is 5.92 Å². The SMILES string of the molecule is CC(C)c1ccc(/C=C/C(=O)NCc2cc([N+](=O)[O-])ccc2[O-])cc1. The molecule has 2 rings (SSSR count). The Morgan fingerprint density at radius 2 is 1.88 bits per heavy atom. The van der Waals surface area contributed by atoms with E-state index >= 15 is 0 Å². The number of hydrogen-bond donors (Lipinski definition) is 1. The molecular weight excluding hydrogens is 320 g/mol. The van der Waals surface area contributed by atoms with Crippen LogP contribution in [0.15, 0.2) is 48.5 Å². The third kappa shape index (κ3) is 5.17. The highest BCUT2D eigenvalue weighted by Gasteiger charge is 2.07. The summed E-state index contributed by atoms with van der Waals surface area (Å²) in [6.45, 7) is 4.16. The molecule has 0 bridgehead atoms. The number of hydrogen-bond acceptors (Lipinski definition) is 4. The minimum absolute atomic E-state index is 0.0595. The van der Waals surface area contributed by atoms with Crippen LogP contribution in [0.1, 0.15) is 36.5 Å². The van der Waals surface area contributed by atoms with Crippen LogP contribution in [-0.4, -0.2) is 10.8 Å². The Bertz CT molecular complexity index is 796. The van der Waals surface area contributed by atoms with Gasteiger partial charge in [-0.05, 0) is 28.7 Å². The number of carbonyl (C=O) groups excluding carboxylic acids is 1. The lowest BCUT2D eigenvalue weighted by Gasteiger charge is -2.12. The van der Waals surface area contributed by atoms with Crippen LogP contribution in [0.2, 0.25) is 0 Å². The van der Waals surface area contributed by atoms with E-state index < -0.39 is 4.92 Å². The molecule has 0 unspecified atom stereocenters. The Morgan fingerprint density at radius 3 is 2.48 bits per heavy atom. The van der Waals surface area contributed by atoms with Crippen molar-refractivity contribution in [3.63, 3.8) is 0 Å². The Balaban J connectivity index is 1.96. The molecule has 6 heteroatoms. The first-order valence-electron chi connectivity index (χ1n) is 7.87. The second-order valence-electron chi connectivity index (χ2n) is 5.92. The second kappa shape index (κ2) is 8.10. The van der Waals surface area contributed by atoms with Gasteiger partial charge in [0.15, 0.2) is 0 Å². The molecule has 6 nitrogen and oxygen atoms in total.